The van der Waals surface area contributed by atoms with Crippen molar-refractivity contribution >= 4 is 29.8 Å². The summed E-state index contributed by atoms with van der Waals surface area (Å²) in [6.07, 6.45) is -0.837. The molecule has 1 amide bonds. The van der Waals surface area contributed by atoms with Crippen molar-refractivity contribution in [3.63, 3.8) is 0 Å². The van der Waals surface area contributed by atoms with E-state index in [-0.39, 0.29) is 36.6 Å². The van der Waals surface area contributed by atoms with Gasteiger partial charge in [0.05, 0.1) is 26.1 Å². The minimum Gasteiger partial charge on any atom is -0.493 e. The molecule has 2 aromatic rings. The molecule has 1 aromatic heterocycles. The van der Waals surface area contributed by atoms with Gasteiger partial charge in [0.25, 0.3) is 5.91 Å². The van der Waals surface area contributed by atoms with Crippen LogP contribution in [0.15, 0.2) is 42.6 Å². The molecule has 1 aliphatic heterocycles. The van der Waals surface area contributed by atoms with Crippen LogP contribution in [-0.4, -0.2) is 86.7 Å². The highest BCUT2D eigenvalue weighted by Gasteiger charge is 2.42. The van der Waals surface area contributed by atoms with Gasteiger partial charge >= 0.3 is 23.9 Å². The largest absolute Gasteiger partial charge is 0.493 e. The van der Waals surface area contributed by atoms with Crippen molar-refractivity contribution in [2.24, 2.45) is 11.8 Å². The molecule has 14 nitrogen and oxygen atoms in total. The summed E-state index contributed by atoms with van der Waals surface area (Å²) >= 11 is 0. The lowest BCUT2D eigenvalue weighted by Crippen LogP contribution is -2.47. The fourth-order valence-corrected chi connectivity index (χ4v) is 4.40. The number of ether oxygens (including phenoxy) is 7. The second kappa shape index (κ2) is 17.7. The maximum absolute atomic E-state index is 13.4. The SMILES string of the molecule is CCOCCC(=O)OCOc1c(OC)ccnc1C(=O)N[C@H]1COC(=O)C(Cc2ccccc2)[C@@H](OC(=O)C(C)C)[C@H](C)OC1=O. The van der Waals surface area contributed by atoms with Gasteiger partial charge < -0.3 is 38.5 Å². The molecule has 1 aromatic carbocycles. The highest BCUT2D eigenvalue weighted by atomic mass is 16.7. The van der Waals surface area contributed by atoms with Gasteiger partial charge in [-0.05, 0) is 25.8 Å². The van der Waals surface area contributed by atoms with Gasteiger partial charge in [-0.3, -0.25) is 19.2 Å². The number of carbonyl (C=O) groups is 5. The highest BCUT2D eigenvalue weighted by molar-refractivity contribution is 5.98. The van der Waals surface area contributed by atoms with Crippen molar-refractivity contribution < 1.29 is 57.1 Å². The first-order valence-corrected chi connectivity index (χ1v) is 14.9. The number of methoxy groups -OCH3 is 1. The topological polar surface area (TPSA) is 175 Å². The summed E-state index contributed by atoms with van der Waals surface area (Å²) in [6.45, 7) is 6.05. The van der Waals surface area contributed by atoms with Crippen LogP contribution in [0.4, 0.5) is 0 Å². The number of aromatic nitrogens is 1. The number of benzene rings is 1. The van der Waals surface area contributed by atoms with E-state index in [0.29, 0.717) is 6.61 Å². The van der Waals surface area contributed by atoms with Crippen LogP contribution >= 0.6 is 0 Å². The predicted octanol–water partition coefficient (Wildman–Crippen LogP) is 2.41. The molecule has 250 valence electrons. The summed E-state index contributed by atoms with van der Waals surface area (Å²) < 4.78 is 37.8. The number of rotatable bonds is 14. The Kier molecular flexibility index (Phi) is 13.7. The lowest BCUT2D eigenvalue weighted by atomic mass is 9.91. The van der Waals surface area contributed by atoms with E-state index in [2.05, 4.69) is 10.3 Å². The number of nitrogens with zero attached hydrogens (tertiary/aromatic N) is 1. The van der Waals surface area contributed by atoms with Crippen LogP contribution in [0.25, 0.3) is 0 Å². The zero-order valence-corrected chi connectivity index (χ0v) is 26.5. The summed E-state index contributed by atoms with van der Waals surface area (Å²) in [6, 6.07) is 9.00. The van der Waals surface area contributed by atoms with Crippen molar-refractivity contribution in [3.8, 4) is 11.5 Å². The smallest absolute Gasteiger partial charge is 0.332 e. The average Bonchev–Trinajstić information content (AvgIpc) is 3.07. The van der Waals surface area contributed by atoms with Gasteiger partial charge in [-0.15, -0.1) is 0 Å². The number of pyridine rings is 1. The van der Waals surface area contributed by atoms with Gasteiger partial charge in [0.15, 0.2) is 29.3 Å². The first-order valence-electron chi connectivity index (χ1n) is 14.9. The molecule has 1 unspecified atom stereocenters. The van der Waals surface area contributed by atoms with E-state index in [1.165, 1.54) is 26.3 Å². The van der Waals surface area contributed by atoms with Crippen molar-refractivity contribution in [3.05, 3.63) is 53.9 Å². The van der Waals surface area contributed by atoms with Crippen molar-refractivity contribution in [1.29, 1.82) is 0 Å². The predicted molar refractivity (Wildman–Crippen MR) is 160 cm³/mol. The van der Waals surface area contributed by atoms with Crippen LogP contribution in [-0.2, 0) is 49.3 Å². The van der Waals surface area contributed by atoms with Crippen LogP contribution in [0.1, 0.15) is 50.2 Å². The van der Waals surface area contributed by atoms with E-state index >= 15 is 0 Å². The second-order valence-electron chi connectivity index (χ2n) is 10.6. The van der Waals surface area contributed by atoms with E-state index in [0.717, 1.165) is 5.56 Å². The molecule has 0 bridgehead atoms. The fraction of sp³-hybridized carbons (Fsp3) is 0.500. The van der Waals surface area contributed by atoms with Crippen molar-refractivity contribution in [2.75, 3.05) is 33.7 Å². The number of esters is 4. The zero-order chi connectivity index (χ0) is 33.6. The third-order valence-electron chi connectivity index (χ3n) is 6.85. The first-order chi connectivity index (χ1) is 22.0. The molecule has 2 heterocycles. The third kappa shape index (κ3) is 10.2. The van der Waals surface area contributed by atoms with Gasteiger partial charge in [0.2, 0.25) is 6.79 Å². The molecule has 1 fully saturated rings. The monoisotopic (exact) mass is 644 g/mol. The minimum atomic E-state index is -1.46. The fourth-order valence-electron chi connectivity index (χ4n) is 4.40. The Hall–Kier alpha value is -4.72. The zero-order valence-electron chi connectivity index (χ0n) is 26.5. The standard InChI is InChI=1S/C32H40N2O12/c1-6-41-15-13-25(35)43-18-44-28-24(40-5)12-14-33-26(28)29(36)34-23-17-42-31(38)22(16-21-10-8-7-9-11-21)27(20(4)45-32(23)39)46-30(37)19(2)3/h7-12,14,19-20,22-23,27H,6,13,15-18H2,1-5H3,(H,34,36)/t20-,22?,23-,27-/m0/s1. The molecule has 0 spiro atoms. The number of carbonyl (C=O) groups excluding carboxylic acids is 5. The van der Waals surface area contributed by atoms with E-state index in [1.807, 2.05) is 18.2 Å². The minimum absolute atomic E-state index is 0.000609. The third-order valence-corrected chi connectivity index (χ3v) is 6.85. The summed E-state index contributed by atoms with van der Waals surface area (Å²) in [5.41, 5.74) is 0.469. The molecule has 1 N–H and O–H groups in total. The van der Waals surface area contributed by atoms with Gasteiger partial charge in [-0.25, -0.2) is 9.78 Å². The molecule has 1 saturated heterocycles. The number of amides is 1. The summed E-state index contributed by atoms with van der Waals surface area (Å²) in [5.74, 6) is -5.34. The van der Waals surface area contributed by atoms with Crippen LogP contribution in [0.5, 0.6) is 11.5 Å². The van der Waals surface area contributed by atoms with E-state index in [4.69, 9.17) is 33.2 Å². The molecule has 0 aliphatic carbocycles. The van der Waals surface area contributed by atoms with Crippen molar-refractivity contribution in [2.45, 2.75) is 58.8 Å². The normalized spacial score (nSPS) is 19.9. The Bertz CT molecular complexity index is 1350. The second-order valence-corrected chi connectivity index (χ2v) is 10.6. The maximum Gasteiger partial charge on any atom is 0.332 e. The molecule has 0 saturated carbocycles. The molecule has 1 aliphatic rings. The molecular weight excluding hydrogens is 604 g/mol. The molecule has 46 heavy (non-hydrogen) atoms. The molecular formula is C32H40N2O12. The van der Waals surface area contributed by atoms with Crippen LogP contribution < -0.4 is 14.8 Å². The molecule has 3 rings (SSSR count). The maximum atomic E-state index is 13.4. The van der Waals surface area contributed by atoms with Gasteiger partial charge in [-0.2, -0.15) is 0 Å². The molecule has 0 radical (unpaired) electrons. The van der Waals surface area contributed by atoms with E-state index in [9.17, 15) is 24.0 Å². The van der Waals surface area contributed by atoms with Crippen LogP contribution in [0.3, 0.4) is 0 Å². The number of hydrogen-bond donors (Lipinski definition) is 1. The summed E-state index contributed by atoms with van der Waals surface area (Å²) in [5, 5.41) is 2.46. The number of cyclic esters (lactones) is 2. The quantitative estimate of drug-likeness (QED) is 0.138. The molecule has 4 atom stereocenters. The highest BCUT2D eigenvalue weighted by Crippen LogP contribution is 2.30. The lowest BCUT2D eigenvalue weighted by molar-refractivity contribution is -0.176. The number of hydrogen-bond acceptors (Lipinski definition) is 13. The Morgan fingerprint density at radius 2 is 1.83 bits per heavy atom. The van der Waals surface area contributed by atoms with E-state index in [1.54, 1.807) is 32.9 Å². The lowest BCUT2D eigenvalue weighted by Gasteiger charge is -2.29. The number of nitrogens with one attached hydrogen (secondary N) is 1. The van der Waals surface area contributed by atoms with Gasteiger partial charge in [0.1, 0.15) is 18.6 Å². The summed E-state index contributed by atoms with van der Waals surface area (Å²) in [7, 11) is 1.34. The summed E-state index contributed by atoms with van der Waals surface area (Å²) in [4.78, 5) is 68.7. The van der Waals surface area contributed by atoms with Crippen molar-refractivity contribution in [1.82, 2.24) is 10.3 Å². The van der Waals surface area contributed by atoms with Crippen LogP contribution in [0, 0.1) is 11.8 Å². The Morgan fingerprint density at radius 1 is 1.09 bits per heavy atom. The van der Waals surface area contributed by atoms with Crippen LogP contribution in [0.2, 0.25) is 0 Å². The molecule has 14 heteroatoms. The van der Waals surface area contributed by atoms with Gasteiger partial charge in [0, 0.05) is 18.9 Å². The Morgan fingerprint density at radius 3 is 2.50 bits per heavy atom. The Balaban J connectivity index is 1.80. The van der Waals surface area contributed by atoms with Gasteiger partial charge in [-0.1, -0.05) is 44.2 Å². The first kappa shape index (κ1) is 35.8. The average molecular weight is 645 g/mol. The van der Waals surface area contributed by atoms with E-state index < -0.39 is 73.3 Å². The Labute approximate surface area is 267 Å².